The van der Waals surface area contributed by atoms with Crippen LogP contribution in [-0.2, 0) is 9.59 Å². The number of rotatable bonds is 7. The summed E-state index contributed by atoms with van der Waals surface area (Å²) < 4.78 is 10.9. The van der Waals surface area contributed by atoms with Gasteiger partial charge >= 0.3 is 0 Å². The highest BCUT2D eigenvalue weighted by Crippen LogP contribution is 2.40. The van der Waals surface area contributed by atoms with Crippen molar-refractivity contribution in [2.75, 3.05) is 58.5 Å². The van der Waals surface area contributed by atoms with Gasteiger partial charge in [0.05, 0.1) is 32.1 Å². The van der Waals surface area contributed by atoms with E-state index < -0.39 is 5.91 Å². The fraction of sp³-hybridized carbons (Fsp3) is 0.333. The summed E-state index contributed by atoms with van der Waals surface area (Å²) in [7, 11) is 3.06. The van der Waals surface area contributed by atoms with Crippen LogP contribution in [0.25, 0.3) is 5.57 Å². The number of hydrogen-bond acceptors (Lipinski definition) is 7. The maximum Gasteiger partial charge on any atom is 0.282 e. The average Bonchev–Trinajstić information content (AvgIpc) is 3.09. The van der Waals surface area contributed by atoms with E-state index in [-0.39, 0.29) is 12.5 Å². The smallest absolute Gasteiger partial charge is 0.282 e. The average molecular weight is 437 g/mol. The highest BCUT2D eigenvalue weighted by Gasteiger charge is 2.44. The molecule has 0 aromatic heterocycles. The lowest BCUT2D eigenvalue weighted by Crippen LogP contribution is -2.48. The van der Waals surface area contributed by atoms with Crippen LogP contribution >= 0.6 is 0 Å². The van der Waals surface area contributed by atoms with Gasteiger partial charge in [-0.1, -0.05) is 30.3 Å². The molecule has 4 rings (SSSR count). The third-order valence-electron chi connectivity index (χ3n) is 5.87. The molecule has 2 amide bonds. The molecule has 1 fully saturated rings. The molecule has 0 bridgehead atoms. The van der Waals surface area contributed by atoms with E-state index in [9.17, 15) is 14.7 Å². The Hall–Kier alpha value is -3.36. The van der Waals surface area contributed by atoms with Gasteiger partial charge in [0.2, 0.25) is 0 Å². The molecule has 0 saturated carbocycles. The van der Waals surface area contributed by atoms with Crippen LogP contribution in [0.15, 0.2) is 54.2 Å². The molecular weight excluding hydrogens is 410 g/mol. The first-order valence-corrected chi connectivity index (χ1v) is 10.6. The molecule has 8 nitrogen and oxygen atoms in total. The third-order valence-corrected chi connectivity index (χ3v) is 5.87. The molecule has 2 aliphatic heterocycles. The van der Waals surface area contributed by atoms with Gasteiger partial charge in [-0.3, -0.25) is 14.5 Å². The second kappa shape index (κ2) is 9.42. The summed E-state index contributed by atoms with van der Waals surface area (Å²) in [5.74, 6) is 0.192. The lowest BCUT2D eigenvalue weighted by atomic mass is 10.0. The SMILES string of the molecule is COc1ccccc1C1=C(N2CCN(CCO)CC2)C(=O)N(c2ccccc2OC)C1=O. The van der Waals surface area contributed by atoms with Gasteiger partial charge in [-0.15, -0.1) is 0 Å². The highest BCUT2D eigenvalue weighted by atomic mass is 16.5. The standard InChI is InChI=1S/C24H27N3O5/c1-31-19-9-5-3-7-17(19)21-22(26-13-11-25(12-14-26)15-16-28)24(30)27(23(21)29)18-8-4-6-10-20(18)32-2/h3-10,28H,11-16H2,1-2H3. The van der Waals surface area contributed by atoms with Gasteiger partial charge in [0, 0.05) is 38.3 Å². The van der Waals surface area contributed by atoms with Crippen LogP contribution in [0.3, 0.4) is 0 Å². The van der Waals surface area contributed by atoms with Crippen molar-refractivity contribution in [2.45, 2.75) is 0 Å². The summed E-state index contributed by atoms with van der Waals surface area (Å²) >= 11 is 0. The Balaban J connectivity index is 1.80. The zero-order valence-electron chi connectivity index (χ0n) is 18.3. The molecule has 1 N–H and O–H groups in total. The Kier molecular flexibility index (Phi) is 6.43. The van der Waals surface area contributed by atoms with Gasteiger partial charge in [-0.25, -0.2) is 4.90 Å². The second-order valence-corrected chi connectivity index (χ2v) is 7.59. The van der Waals surface area contributed by atoms with E-state index in [1.165, 1.54) is 12.0 Å². The maximum atomic E-state index is 13.7. The first kappa shape index (κ1) is 21.9. The van der Waals surface area contributed by atoms with Gasteiger partial charge in [0.25, 0.3) is 11.8 Å². The van der Waals surface area contributed by atoms with Crippen LogP contribution in [0.5, 0.6) is 11.5 Å². The number of β-amino-alcohol motifs (C(OH)–C–C–N with tert-alkyl or cyclic N) is 1. The van der Waals surface area contributed by atoms with E-state index in [0.717, 1.165) is 0 Å². The van der Waals surface area contributed by atoms with Gasteiger partial charge < -0.3 is 19.5 Å². The summed E-state index contributed by atoms with van der Waals surface area (Å²) in [5.41, 5.74) is 1.69. The van der Waals surface area contributed by atoms with Crippen molar-refractivity contribution >= 4 is 23.1 Å². The molecule has 0 unspecified atom stereocenters. The molecule has 2 aliphatic rings. The minimum atomic E-state index is -0.406. The van der Waals surface area contributed by atoms with E-state index in [1.54, 1.807) is 43.5 Å². The molecule has 1 saturated heterocycles. The van der Waals surface area contributed by atoms with Crippen LogP contribution < -0.4 is 14.4 Å². The summed E-state index contributed by atoms with van der Waals surface area (Å²) in [6.45, 7) is 3.22. The van der Waals surface area contributed by atoms with Crippen molar-refractivity contribution in [3.05, 3.63) is 59.8 Å². The topological polar surface area (TPSA) is 82.6 Å². The monoisotopic (exact) mass is 437 g/mol. The first-order chi connectivity index (χ1) is 15.6. The predicted molar refractivity (Wildman–Crippen MR) is 120 cm³/mol. The Morgan fingerprint density at radius 2 is 1.47 bits per heavy atom. The molecular formula is C24H27N3O5. The van der Waals surface area contributed by atoms with Crippen molar-refractivity contribution in [2.24, 2.45) is 0 Å². The molecule has 0 aliphatic carbocycles. The molecule has 8 heteroatoms. The number of para-hydroxylation sites is 3. The Labute approximate surface area is 187 Å². The Morgan fingerprint density at radius 1 is 0.844 bits per heavy atom. The number of piperazine rings is 1. The van der Waals surface area contributed by atoms with Crippen LogP contribution in [0.4, 0.5) is 5.69 Å². The first-order valence-electron chi connectivity index (χ1n) is 10.6. The maximum absolute atomic E-state index is 13.7. The molecule has 0 spiro atoms. The van der Waals surface area contributed by atoms with Crippen LogP contribution in [0.1, 0.15) is 5.56 Å². The van der Waals surface area contributed by atoms with E-state index in [1.807, 2.05) is 17.0 Å². The van der Waals surface area contributed by atoms with Crippen molar-refractivity contribution < 1.29 is 24.2 Å². The minimum absolute atomic E-state index is 0.0914. The summed E-state index contributed by atoms with van der Waals surface area (Å²) in [6, 6.07) is 14.2. The van der Waals surface area contributed by atoms with E-state index in [4.69, 9.17) is 9.47 Å². The van der Waals surface area contributed by atoms with E-state index in [2.05, 4.69) is 4.90 Å². The fourth-order valence-electron chi connectivity index (χ4n) is 4.28. The second-order valence-electron chi connectivity index (χ2n) is 7.59. The Bertz CT molecular complexity index is 1040. The lowest BCUT2D eigenvalue weighted by molar-refractivity contribution is -0.120. The number of anilines is 1. The number of imide groups is 1. The van der Waals surface area contributed by atoms with Crippen molar-refractivity contribution in [3.63, 3.8) is 0 Å². The molecule has 2 aromatic carbocycles. The number of carbonyl (C=O) groups excluding carboxylic acids is 2. The molecule has 168 valence electrons. The molecule has 2 heterocycles. The zero-order valence-corrected chi connectivity index (χ0v) is 18.3. The number of nitrogens with zero attached hydrogens (tertiary/aromatic N) is 3. The van der Waals surface area contributed by atoms with Gasteiger partial charge in [0.15, 0.2) is 0 Å². The normalized spacial score (nSPS) is 17.3. The largest absolute Gasteiger partial charge is 0.496 e. The predicted octanol–water partition coefficient (Wildman–Crippen LogP) is 1.60. The zero-order chi connectivity index (χ0) is 22.7. The molecule has 0 atom stereocenters. The van der Waals surface area contributed by atoms with E-state index >= 15 is 0 Å². The van der Waals surface area contributed by atoms with Crippen molar-refractivity contribution in [1.82, 2.24) is 9.80 Å². The van der Waals surface area contributed by atoms with Crippen LogP contribution in [-0.4, -0.2) is 80.3 Å². The highest BCUT2D eigenvalue weighted by molar-refractivity contribution is 6.46. The van der Waals surface area contributed by atoms with Crippen LogP contribution in [0.2, 0.25) is 0 Å². The number of aliphatic hydroxyl groups is 1. The number of benzene rings is 2. The van der Waals surface area contributed by atoms with Gasteiger partial charge in [-0.2, -0.15) is 0 Å². The Morgan fingerprint density at radius 3 is 2.12 bits per heavy atom. The van der Waals surface area contributed by atoms with Crippen LogP contribution in [0, 0.1) is 0 Å². The number of carbonyl (C=O) groups is 2. The van der Waals surface area contributed by atoms with Gasteiger partial charge in [0.1, 0.15) is 17.2 Å². The fourth-order valence-corrected chi connectivity index (χ4v) is 4.28. The van der Waals surface area contributed by atoms with E-state index in [0.29, 0.717) is 66.7 Å². The number of ether oxygens (including phenoxy) is 2. The molecule has 0 radical (unpaired) electrons. The molecule has 2 aromatic rings. The molecule has 32 heavy (non-hydrogen) atoms. The summed E-state index contributed by atoms with van der Waals surface area (Å²) in [6.07, 6.45) is 0. The number of amides is 2. The number of methoxy groups -OCH3 is 2. The third kappa shape index (κ3) is 3.83. The summed E-state index contributed by atoms with van der Waals surface area (Å²) in [4.78, 5) is 32.8. The van der Waals surface area contributed by atoms with Crippen molar-refractivity contribution in [1.29, 1.82) is 0 Å². The van der Waals surface area contributed by atoms with Gasteiger partial charge in [-0.05, 0) is 18.2 Å². The minimum Gasteiger partial charge on any atom is -0.496 e. The number of aliphatic hydroxyl groups excluding tert-OH is 1. The summed E-state index contributed by atoms with van der Waals surface area (Å²) in [5, 5.41) is 9.24. The van der Waals surface area contributed by atoms with Crippen molar-refractivity contribution in [3.8, 4) is 11.5 Å². The lowest BCUT2D eigenvalue weighted by Gasteiger charge is -2.36. The quantitative estimate of drug-likeness (QED) is 0.659. The number of hydrogen-bond donors (Lipinski definition) is 1.